The van der Waals surface area contributed by atoms with Crippen molar-refractivity contribution < 1.29 is 81.5 Å². The van der Waals surface area contributed by atoms with Gasteiger partial charge in [0.05, 0.1) is 0 Å². The van der Waals surface area contributed by atoms with E-state index in [1.54, 1.807) is 0 Å². The van der Waals surface area contributed by atoms with Gasteiger partial charge in [0, 0.05) is 25.5 Å². The van der Waals surface area contributed by atoms with Crippen molar-refractivity contribution >= 4 is 126 Å². The van der Waals surface area contributed by atoms with Gasteiger partial charge in [-0.2, -0.15) is 25.3 Å². The van der Waals surface area contributed by atoms with Crippen LogP contribution >= 0.6 is 25.3 Å². The monoisotopic (exact) mass is 1270 g/mol. The van der Waals surface area contributed by atoms with Crippen molar-refractivity contribution in [2.45, 2.75) is 201 Å². The molecule has 0 bridgehead atoms. The minimum atomic E-state index is -1.36. The molecule has 0 spiro atoms. The Morgan fingerprint density at radius 2 is 0.345 bits per heavy atom. The van der Waals surface area contributed by atoms with E-state index in [9.17, 15) is 81.5 Å². The number of hydrogen-bond donors (Lipinski definition) is 19. The van der Waals surface area contributed by atoms with Crippen LogP contribution < -0.4 is 90.4 Å². The lowest BCUT2D eigenvalue weighted by molar-refractivity contribution is -0.135. The van der Waals surface area contributed by atoms with Gasteiger partial charge in [0.1, 0.15) is 96.7 Å². The fourth-order valence-electron chi connectivity index (χ4n) is 6.77. The van der Waals surface area contributed by atoms with Crippen molar-refractivity contribution in [1.29, 1.82) is 0 Å². The Morgan fingerprint density at radius 1 is 0.218 bits per heavy atom. The van der Waals surface area contributed by atoms with Crippen LogP contribution in [0.1, 0.15) is 104 Å². The van der Waals surface area contributed by atoms with E-state index in [-0.39, 0.29) is 11.5 Å². The number of amides is 17. The Balaban J connectivity index is 5.16. The van der Waals surface area contributed by atoms with E-state index in [0.29, 0.717) is 0 Å². The molecule has 490 valence electrons. The van der Waals surface area contributed by atoms with Crippen LogP contribution in [0.3, 0.4) is 0 Å². The largest absolute Gasteiger partial charge is 0.357 e. The molecule has 17 amide bonds. The summed E-state index contributed by atoms with van der Waals surface area (Å²) in [7, 11) is 1.39. The number of hydrogen-bond acceptors (Lipinski definition) is 19. The van der Waals surface area contributed by atoms with Crippen LogP contribution in [0, 0.1) is 0 Å². The van der Waals surface area contributed by atoms with Crippen molar-refractivity contribution in [1.82, 2.24) is 90.4 Å². The van der Waals surface area contributed by atoms with Crippen molar-refractivity contribution in [3.63, 3.8) is 0 Å². The zero-order valence-electron chi connectivity index (χ0n) is 51.5. The molecular weight excluding hydrogens is 1190 g/mol. The normalized spacial score (nSPS) is 16.3. The van der Waals surface area contributed by atoms with Gasteiger partial charge in [0.2, 0.25) is 100 Å². The second kappa shape index (κ2) is 38.0. The smallest absolute Gasteiger partial charge is 0.244 e. The third-order valence-electron chi connectivity index (χ3n) is 12.5. The van der Waals surface area contributed by atoms with Gasteiger partial charge in [-0.05, 0) is 96.9 Å². The maximum absolute atomic E-state index is 13.2. The molecule has 36 heteroatoms. The molecule has 87 heavy (non-hydrogen) atoms. The van der Waals surface area contributed by atoms with E-state index in [0.717, 1.165) is 0 Å². The molecule has 0 unspecified atom stereocenters. The van der Waals surface area contributed by atoms with Gasteiger partial charge in [-0.15, -0.1) is 0 Å². The molecule has 0 heterocycles. The lowest BCUT2D eigenvalue weighted by atomic mass is 10.2. The summed E-state index contributed by atoms with van der Waals surface area (Å²) < 4.78 is 0. The maximum Gasteiger partial charge on any atom is 0.244 e. The van der Waals surface area contributed by atoms with Crippen molar-refractivity contribution in [3.05, 3.63) is 0 Å². The molecule has 0 radical (unpaired) electrons. The molecule has 0 aliphatic rings. The molecule has 0 aromatic carbocycles. The predicted molar refractivity (Wildman–Crippen MR) is 318 cm³/mol. The number of carbonyl (C=O) groups is 17. The molecule has 17 N–H and O–H groups in total. The first-order chi connectivity index (χ1) is 40.2. The Kier molecular flexibility index (Phi) is 34.3. The Labute approximate surface area is 514 Å². The minimum absolute atomic E-state index is 0.291. The summed E-state index contributed by atoms with van der Waals surface area (Å²) in [5.74, 6) is -13.6. The van der Waals surface area contributed by atoms with Crippen molar-refractivity contribution in [3.8, 4) is 0 Å². The van der Waals surface area contributed by atoms with Crippen molar-refractivity contribution in [2.75, 3.05) is 18.6 Å². The molecule has 16 atom stereocenters. The van der Waals surface area contributed by atoms with E-state index in [1.165, 1.54) is 111 Å². The molecule has 0 aliphatic heterocycles. The van der Waals surface area contributed by atoms with E-state index in [1.807, 2.05) is 0 Å². The molecule has 34 nitrogen and oxygen atoms in total. The molecule has 0 aromatic rings. The standard InChI is InChI=1S/C51H87N17O17S2/c1-19(36(70)52-16)54-38(72)21(3)56-40(74)23(5)58-42(76)25(7)60-44(78)27(9)62-46(80)29(11)65-50(84)34(17-86)68-49(83)32(14)64-47(81)30(12)66-51(85)35(18-87)67-48(82)31(13)63-45(79)28(10)61-43(77)26(8)59-41(75)24(6)57-39(73)22(4)55-37(71)20(2)53-33(15)69/h19-32,34-35,86-87H,17-18H2,1-16H3,(H,52,70)(H,53,69)(H,54,72)(H,55,71)(H,56,74)(H,57,73)(H,58,76)(H,59,75)(H,60,78)(H,61,77)(H,62,80)(H,63,79)(H,64,81)(H,65,84)(H,66,85)(H,67,82)(H,68,83)/t19-,20-,21-,22-,23-,24-,25-,26-,27-,28-,29-,30+,31-,32+,34-,35-/m0/s1. The first-order valence-electron chi connectivity index (χ1n) is 27.5. The Bertz CT molecular complexity index is 2560. The summed E-state index contributed by atoms with van der Waals surface area (Å²) in [6.45, 7) is 19.7. The van der Waals surface area contributed by atoms with E-state index in [4.69, 9.17) is 0 Å². The number of carbonyl (C=O) groups excluding carboxylic acids is 17. The van der Waals surface area contributed by atoms with Crippen LogP contribution in [-0.4, -0.2) is 216 Å². The first-order valence-corrected chi connectivity index (χ1v) is 28.8. The average molecular weight is 1270 g/mol. The molecule has 0 aliphatic carbocycles. The summed E-state index contributed by atoms with van der Waals surface area (Å²) in [6, 6.07) is -19.3. The third kappa shape index (κ3) is 28.2. The minimum Gasteiger partial charge on any atom is -0.357 e. The van der Waals surface area contributed by atoms with Gasteiger partial charge in [0.15, 0.2) is 0 Å². The van der Waals surface area contributed by atoms with Crippen LogP contribution in [0.15, 0.2) is 0 Å². The topological polar surface area (TPSA) is 495 Å². The fraction of sp³-hybridized carbons (Fsp3) is 0.667. The van der Waals surface area contributed by atoms with Gasteiger partial charge in [-0.3, -0.25) is 81.5 Å². The Morgan fingerprint density at radius 3 is 0.483 bits per heavy atom. The second-order valence-electron chi connectivity index (χ2n) is 20.5. The molecule has 0 fully saturated rings. The number of nitrogens with one attached hydrogen (secondary N) is 17. The third-order valence-corrected chi connectivity index (χ3v) is 13.2. The van der Waals surface area contributed by atoms with Gasteiger partial charge < -0.3 is 90.4 Å². The van der Waals surface area contributed by atoms with Gasteiger partial charge in [0.25, 0.3) is 0 Å². The quantitative estimate of drug-likeness (QED) is 0.0266. The number of rotatable bonds is 34. The summed E-state index contributed by atoms with van der Waals surface area (Å²) in [4.78, 5) is 216. The zero-order chi connectivity index (χ0) is 67.5. The van der Waals surface area contributed by atoms with Crippen LogP contribution in [-0.2, 0) is 81.5 Å². The summed E-state index contributed by atoms with van der Waals surface area (Å²) in [5.41, 5.74) is 0. The zero-order valence-corrected chi connectivity index (χ0v) is 53.3. The van der Waals surface area contributed by atoms with Crippen LogP contribution in [0.25, 0.3) is 0 Å². The summed E-state index contributed by atoms with van der Waals surface area (Å²) in [6.07, 6.45) is 0. The Hall–Kier alpha value is -8.31. The lowest BCUT2D eigenvalue weighted by Gasteiger charge is -2.25. The number of likely N-dealkylation sites (N-methyl/N-ethyl adjacent to an activating group) is 1. The molecular formula is C51H87N17O17S2. The van der Waals surface area contributed by atoms with Gasteiger partial charge in [-0.1, -0.05) is 0 Å². The second-order valence-corrected chi connectivity index (χ2v) is 21.2. The highest BCUT2D eigenvalue weighted by Gasteiger charge is 2.33. The van der Waals surface area contributed by atoms with Crippen LogP contribution in [0.4, 0.5) is 0 Å². The number of thiol groups is 2. The van der Waals surface area contributed by atoms with Gasteiger partial charge in [-0.25, -0.2) is 0 Å². The first kappa shape index (κ1) is 78.7. The van der Waals surface area contributed by atoms with Gasteiger partial charge >= 0.3 is 0 Å². The van der Waals surface area contributed by atoms with E-state index in [2.05, 4.69) is 116 Å². The van der Waals surface area contributed by atoms with Crippen molar-refractivity contribution in [2.24, 2.45) is 0 Å². The molecule has 0 saturated carbocycles. The maximum atomic E-state index is 13.2. The highest BCUT2D eigenvalue weighted by atomic mass is 32.1. The summed E-state index contributed by atoms with van der Waals surface area (Å²) in [5, 5.41) is 40.6. The van der Waals surface area contributed by atoms with Crippen LogP contribution in [0.5, 0.6) is 0 Å². The summed E-state index contributed by atoms with van der Waals surface area (Å²) >= 11 is 8.22. The lowest BCUT2D eigenvalue weighted by Crippen LogP contribution is -2.60. The average Bonchev–Trinajstić information content (AvgIpc) is 3.63. The SMILES string of the molecule is CNC(=O)[C@H](C)NC(=O)[C@H](C)NC(=O)[C@H](C)NC(=O)[C@H](C)NC(=O)[C@H](C)NC(=O)[C@H](C)NC(=O)[C@H](CS)NC(=O)[C@@H](C)NC(=O)[C@@H](C)NC(=O)[C@H](CS)NC(=O)[C@H](C)NC(=O)[C@H](C)NC(=O)[C@H](C)NC(=O)[C@H](C)NC(=O)[C@H](C)NC(=O)[C@H](C)NC(C)=O. The fourth-order valence-corrected chi connectivity index (χ4v) is 7.29. The highest BCUT2D eigenvalue weighted by Crippen LogP contribution is 2.01. The van der Waals surface area contributed by atoms with E-state index >= 15 is 0 Å². The molecule has 0 rings (SSSR count). The van der Waals surface area contributed by atoms with E-state index < -0.39 is 197 Å². The predicted octanol–water partition coefficient (Wildman–Crippen LogP) is -8.35. The highest BCUT2D eigenvalue weighted by molar-refractivity contribution is 7.80. The van der Waals surface area contributed by atoms with Crippen LogP contribution in [0.2, 0.25) is 0 Å². The molecule has 0 aromatic heterocycles. The molecule has 0 saturated heterocycles.